The minimum Gasteiger partial charge on any atom is -0.353 e. The molecule has 2 heterocycles. The van der Waals surface area contributed by atoms with Crippen LogP contribution < -0.4 is 21.9 Å². The van der Waals surface area contributed by atoms with Crippen LogP contribution in [-0.2, 0) is 0 Å². The molecule has 0 aliphatic heterocycles. The molecule has 6 aromatic rings. The molecular weight excluding hydrogens is 360 g/mol. The van der Waals surface area contributed by atoms with Gasteiger partial charge in [-0.15, -0.1) is 10.9 Å². The van der Waals surface area contributed by atoms with E-state index in [0.717, 1.165) is 43.9 Å². The first-order valence-electron chi connectivity index (χ1n) is 9.72. The first kappa shape index (κ1) is 17.6. The van der Waals surface area contributed by atoms with Crippen molar-refractivity contribution in [3.8, 4) is 5.69 Å². The molecule has 30 heavy (non-hydrogen) atoms. The van der Waals surface area contributed by atoms with E-state index >= 15 is 0 Å². The number of hydrogen-bond acceptors (Lipinski definition) is 0. The number of nitrogens with zero attached hydrogens (tertiary/aromatic N) is 1. The molecule has 0 unspecified atom stereocenters. The maximum atomic E-state index is 6.52. The lowest BCUT2D eigenvalue weighted by Gasteiger charge is -2.16. The normalized spacial score (nSPS) is 11.9. The van der Waals surface area contributed by atoms with Crippen molar-refractivity contribution in [1.29, 1.82) is 0 Å². The van der Waals surface area contributed by atoms with Gasteiger partial charge in [-0.25, -0.2) is 0 Å². The molecule has 6 heteroatoms. The van der Waals surface area contributed by atoms with Gasteiger partial charge in [-0.1, -0.05) is 59.5 Å². The van der Waals surface area contributed by atoms with E-state index in [9.17, 15) is 0 Å². The summed E-state index contributed by atoms with van der Waals surface area (Å²) in [6, 6.07) is 22.6. The maximum absolute atomic E-state index is 6.52. The zero-order valence-electron chi connectivity index (χ0n) is 16.1. The summed E-state index contributed by atoms with van der Waals surface area (Å²) in [5.74, 6) is 0. The molecule has 6 rings (SSSR count). The lowest BCUT2D eigenvalue weighted by molar-refractivity contribution is 1.19. The van der Waals surface area contributed by atoms with Crippen LogP contribution >= 0.6 is 0 Å². The Bertz CT molecular complexity index is 1640. The fourth-order valence-electron chi connectivity index (χ4n) is 4.61. The van der Waals surface area contributed by atoms with Crippen molar-refractivity contribution in [3.05, 3.63) is 66.7 Å². The Morgan fingerprint density at radius 1 is 0.600 bits per heavy atom. The molecule has 2 nitrogen and oxygen atoms in total. The van der Waals surface area contributed by atoms with E-state index in [2.05, 4.69) is 45.9 Å². The third-order valence-electron chi connectivity index (χ3n) is 6.03. The first-order chi connectivity index (χ1) is 14.6. The summed E-state index contributed by atoms with van der Waals surface area (Å²) in [7, 11) is 25.4. The van der Waals surface area contributed by atoms with Crippen molar-refractivity contribution in [2.45, 2.75) is 0 Å². The first-order valence-corrected chi connectivity index (χ1v) is 9.72. The number of para-hydroxylation sites is 3. The highest BCUT2D eigenvalue weighted by atomic mass is 15.0. The van der Waals surface area contributed by atoms with E-state index in [1.807, 2.05) is 30.3 Å². The van der Waals surface area contributed by atoms with Crippen LogP contribution in [0.25, 0.3) is 49.3 Å². The molecule has 0 fully saturated rings. The molecule has 2 aromatic heterocycles. The van der Waals surface area contributed by atoms with Gasteiger partial charge < -0.3 is 9.55 Å². The van der Waals surface area contributed by atoms with Gasteiger partial charge in [-0.2, -0.15) is 0 Å². The van der Waals surface area contributed by atoms with Gasteiger partial charge in [-0.05, 0) is 23.6 Å². The number of aromatic nitrogens is 2. The van der Waals surface area contributed by atoms with Crippen LogP contribution in [0.4, 0.5) is 0 Å². The molecule has 0 bridgehead atoms. The van der Waals surface area contributed by atoms with E-state index in [-0.39, 0.29) is 0 Å². The Balaban J connectivity index is 1.88. The summed E-state index contributed by atoms with van der Waals surface area (Å²) in [5.41, 5.74) is 6.36. The van der Waals surface area contributed by atoms with Crippen molar-refractivity contribution < 1.29 is 0 Å². The van der Waals surface area contributed by atoms with Gasteiger partial charge in [0.05, 0.1) is 16.7 Å². The van der Waals surface area contributed by atoms with Gasteiger partial charge in [0.25, 0.3) is 0 Å². The van der Waals surface area contributed by atoms with Gasteiger partial charge in [0.2, 0.25) is 0 Å². The number of aromatic amines is 1. The van der Waals surface area contributed by atoms with Crippen LogP contribution in [0.1, 0.15) is 0 Å². The van der Waals surface area contributed by atoms with Gasteiger partial charge in [-0.3, -0.25) is 0 Å². The molecule has 130 valence electrons. The molecule has 0 amide bonds. The summed E-state index contributed by atoms with van der Waals surface area (Å²) < 4.78 is 2.13. The molecule has 0 aliphatic carbocycles. The van der Waals surface area contributed by atoms with Crippen molar-refractivity contribution in [2.24, 2.45) is 0 Å². The summed E-state index contributed by atoms with van der Waals surface area (Å²) in [4.78, 5) is 3.58. The lowest BCUT2D eigenvalue weighted by atomic mass is 9.65. The Kier molecular flexibility index (Phi) is 3.59. The molecule has 0 saturated heterocycles. The van der Waals surface area contributed by atoms with Crippen molar-refractivity contribution in [2.75, 3.05) is 0 Å². The van der Waals surface area contributed by atoms with Crippen molar-refractivity contribution in [3.63, 3.8) is 0 Å². The van der Waals surface area contributed by atoms with Crippen LogP contribution in [0.5, 0.6) is 0 Å². The van der Waals surface area contributed by atoms with Crippen LogP contribution in [0.2, 0.25) is 0 Å². The number of hydrogen-bond donors (Lipinski definition) is 1. The van der Waals surface area contributed by atoms with Crippen LogP contribution in [0.3, 0.4) is 0 Å². The summed E-state index contributed by atoms with van der Waals surface area (Å²) in [5, 5.41) is 4.12. The minimum atomic E-state index is 0.313. The zero-order chi connectivity index (χ0) is 20.6. The third-order valence-corrected chi connectivity index (χ3v) is 6.03. The van der Waals surface area contributed by atoms with Crippen LogP contribution in [0, 0.1) is 0 Å². The molecule has 0 aliphatic rings. The minimum absolute atomic E-state index is 0.313. The van der Waals surface area contributed by atoms with Crippen LogP contribution in [0.15, 0.2) is 66.7 Å². The average molecular weight is 372 g/mol. The summed E-state index contributed by atoms with van der Waals surface area (Å²) in [6.45, 7) is 0. The predicted molar refractivity (Wildman–Crippen MR) is 132 cm³/mol. The predicted octanol–water partition coefficient (Wildman–Crippen LogP) is 1.59. The number of nitrogens with one attached hydrogen (secondary N) is 1. The quantitative estimate of drug-likeness (QED) is 0.424. The molecule has 0 spiro atoms. The number of H-pyrrole nitrogens is 1. The average Bonchev–Trinajstić information content (AvgIpc) is 3.32. The SMILES string of the molecule is [B]c1c([B])c([B])c2c(c1[B])c1ccccc1n2-c1cccc2c1[nH]c1ccccc12. The molecular formula is C24H12B4N2. The second kappa shape index (κ2) is 6.12. The smallest absolute Gasteiger partial charge is 0.115 e. The maximum Gasteiger partial charge on any atom is 0.115 e. The summed E-state index contributed by atoms with van der Waals surface area (Å²) in [6.07, 6.45) is 0. The Morgan fingerprint density at radius 3 is 2.10 bits per heavy atom. The van der Waals surface area contributed by atoms with Crippen molar-refractivity contribution in [1.82, 2.24) is 9.55 Å². The Hall–Kier alpha value is -3.26. The van der Waals surface area contributed by atoms with E-state index in [4.69, 9.17) is 31.4 Å². The highest BCUT2D eigenvalue weighted by Gasteiger charge is 2.19. The zero-order valence-corrected chi connectivity index (χ0v) is 16.1. The van der Waals surface area contributed by atoms with E-state index < -0.39 is 0 Å². The molecule has 1 N–H and O–H groups in total. The highest BCUT2D eigenvalue weighted by Crippen LogP contribution is 2.34. The van der Waals surface area contributed by atoms with Gasteiger partial charge in [0, 0.05) is 27.2 Å². The highest BCUT2D eigenvalue weighted by molar-refractivity contribution is 6.67. The van der Waals surface area contributed by atoms with E-state index in [1.54, 1.807) is 0 Å². The number of rotatable bonds is 1. The topological polar surface area (TPSA) is 20.7 Å². The van der Waals surface area contributed by atoms with Gasteiger partial charge in [0.1, 0.15) is 31.4 Å². The Morgan fingerprint density at radius 2 is 1.27 bits per heavy atom. The third kappa shape index (κ3) is 2.14. The van der Waals surface area contributed by atoms with Crippen LogP contribution in [-0.4, -0.2) is 40.9 Å². The second-order valence-electron chi connectivity index (χ2n) is 7.60. The lowest BCUT2D eigenvalue weighted by Crippen LogP contribution is -2.48. The molecule has 8 radical (unpaired) electrons. The number of benzene rings is 4. The Labute approximate surface area is 178 Å². The second-order valence-corrected chi connectivity index (χ2v) is 7.60. The fourth-order valence-corrected chi connectivity index (χ4v) is 4.61. The van der Waals surface area contributed by atoms with E-state index in [0.29, 0.717) is 21.9 Å². The van der Waals surface area contributed by atoms with Crippen molar-refractivity contribution >= 4 is 96.8 Å². The molecule has 0 atom stereocenters. The summed E-state index contributed by atoms with van der Waals surface area (Å²) >= 11 is 0. The largest absolute Gasteiger partial charge is 0.353 e. The number of fused-ring (bicyclic) bond motifs is 6. The monoisotopic (exact) mass is 372 g/mol. The fraction of sp³-hybridized carbons (Fsp3) is 0. The van der Waals surface area contributed by atoms with Gasteiger partial charge >= 0.3 is 0 Å². The molecule has 0 saturated carbocycles. The van der Waals surface area contributed by atoms with Gasteiger partial charge in [0.15, 0.2) is 0 Å². The van der Waals surface area contributed by atoms with E-state index in [1.165, 1.54) is 5.39 Å². The standard InChI is InChI=1S/C24H12B4N2/c25-19-18-14-7-2-4-10-16(14)30(24(18)22(28)21(27)20(19)26)17-11-5-8-13-12-6-1-3-9-15(12)29-23(13)17/h1-11,29H. The molecule has 4 aromatic carbocycles.